The van der Waals surface area contributed by atoms with E-state index in [1.165, 1.54) is 0 Å². The summed E-state index contributed by atoms with van der Waals surface area (Å²) in [5.41, 5.74) is 1.09. The lowest BCUT2D eigenvalue weighted by atomic mass is 9.94. The fraction of sp³-hybridized carbons (Fsp3) is 0.476. The number of hydrogen-bond acceptors (Lipinski definition) is 3. The number of rotatable bonds is 5. The molecule has 0 bridgehead atoms. The van der Waals surface area contributed by atoms with Crippen LogP contribution in [0.5, 0.6) is 5.75 Å². The number of hydrogen-bond donors (Lipinski definition) is 2. The molecule has 140 valence electrons. The van der Waals surface area contributed by atoms with Crippen LogP contribution in [0.3, 0.4) is 0 Å². The van der Waals surface area contributed by atoms with E-state index >= 15 is 0 Å². The highest BCUT2D eigenvalue weighted by atomic mass is 16.5. The van der Waals surface area contributed by atoms with Crippen LogP contribution in [-0.4, -0.2) is 42.8 Å². The molecule has 2 aromatic rings. The molecule has 2 N–H and O–H groups in total. The van der Waals surface area contributed by atoms with Crippen LogP contribution in [0.1, 0.15) is 37.8 Å². The fourth-order valence-corrected chi connectivity index (χ4v) is 3.61. The van der Waals surface area contributed by atoms with Crippen LogP contribution in [0.25, 0.3) is 10.8 Å². The molecule has 3 rings (SSSR count). The van der Waals surface area contributed by atoms with Crippen LogP contribution >= 0.6 is 0 Å². The average molecular weight is 356 g/mol. The van der Waals surface area contributed by atoms with Gasteiger partial charge in [-0.25, -0.2) is 4.79 Å². The number of carbonyl (C=O) groups is 1. The summed E-state index contributed by atoms with van der Waals surface area (Å²) in [7, 11) is 1.67. The molecule has 2 amide bonds. The summed E-state index contributed by atoms with van der Waals surface area (Å²) >= 11 is 0. The molecule has 0 aliphatic carbocycles. The summed E-state index contributed by atoms with van der Waals surface area (Å²) in [5, 5.41) is 14.4. The predicted molar refractivity (Wildman–Crippen MR) is 103 cm³/mol. The summed E-state index contributed by atoms with van der Waals surface area (Å²) in [4.78, 5) is 14.4. The number of piperidine rings is 1. The number of nitrogens with zero attached hydrogens (tertiary/aromatic N) is 1. The molecule has 0 aromatic heterocycles. The second-order valence-electron chi connectivity index (χ2n) is 7.09. The van der Waals surface area contributed by atoms with Gasteiger partial charge in [0.2, 0.25) is 0 Å². The Hall–Kier alpha value is -2.27. The number of nitrogens with one attached hydrogen (secondary N) is 1. The third kappa shape index (κ3) is 4.28. The minimum Gasteiger partial charge on any atom is -0.497 e. The molecule has 5 nitrogen and oxygen atoms in total. The van der Waals surface area contributed by atoms with Gasteiger partial charge in [-0.15, -0.1) is 0 Å². The third-order valence-electron chi connectivity index (χ3n) is 5.35. The molecule has 0 saturated carbocycles. The first kappa shape index (κ1) is 18.5. The van der Waals surface area contributed by atoms with Crippen LogP contribution in [0, 0.1) is 5.92 Å². The van der Waals surface area contributed by atoms with Gasteiger partial charge in [0.15, 0.2) is 0 Å². The van der Waals surface area contributed by atoms with Gasteiger partial charge in [-0.2, -0.15) is 0 Å². The van der Waals surface area contributed by atoms with Gasteiger partial charge >= 0.3 is 6.03 Å². The summed E-state index contributed by atoms with van der Waals surface area (Å²) in [6.07, 6.45) is 2.79. The largest absolute Gasteiger partial charge is 0.497 e. The highest BCUT2D eigenvalue weighted by Crippen LogP contribution is 2.25. The Labute approximate surface area is 155 Å². The van der Waals surface area contributed by atoms with Crippen molar-refractivity contribution in [3.63, 3.8) is 0 Å². The van der Waals surface area contributed by atoms with Crippen LogP contribution in [0.2, 0.25) is 0 Å². The molecule has 0 radical (unpaired) electrons. The molecule has 0 spiro atoms. The number of benzene rings is 2. The Morgan fingerprint density at radius 2 is 1.92 bits per heavy atom. The van der Waals surface area contributed by atoms with E-state index in [4.69, 9.17) is 9.84 Å². The van der Waals surface area contributed by atoms with Crippen LogP contribution in [-0.2, 0) is 0 Å². The lowest BCUT2D eigenvalue weighted by molar-refractivity contribution is 0.155. The smallest absolute Gasteiger partial charge is 0.317 e. The van der Waals surface area contributed by atoms with E-state index in [1.807, 2.05) is 30.0 Å². The quantitative estimate of drug-likeness (QED) is 0.858. The maximum absolute atomic E-state index is 12.5. The van der Waals surface area contributed by atoms with Crippen molar-refractivity contribution in [1.82, 2.24) is 10.2 Å². The van der Waals surface area contributed by atoms with Crippen molar-refractivity contribution < 1.29 is 14.6 Å². The van der Waals surface area contributed by atoms with Crippen molar-refractivity contribution in [2.24, 2.45) is 5.92 Å². The Bertz CT molecular complexity index is 754. The summed E-state index contributed by atoms with van der Waals surface area (Å²) in [6, 6.07) is 12.2. The minimum absolute atomic E-state index is 0.00484. The zero-order chi connectivity index (χ0) is 18.5. The molecule has 1 unspecified atom stereocenters. The van der Waals surface area contributed by atoms with E-state index in [0.29, 0.717) is 5.92 Å². The highest BCUT2D eigenvalue weighted by Gasteiger charge is 2.23. The van der Waals surface area contributed by atoms with Crippen molar-refractivity contribution in [2.45, 2.75) is 32.2 Å². The number of carbonyl (C=O) groups excluding carboxylic acids is 1. The molecule has 1 heterocycles. The van der Waals surface area contributed by atoms with E-state index in [2.05, 4.69) is 23.5 Å². The minimum atomic E-state index is -0.0517. The van der Waals surface area contributed by atoms with Gasteiger partial charge in [-0.05, 0) is 66.6 Å². The maximum Gasteiger partial charge on any atom is 0.317 e. The van der Waals surface area contributed by atoms with Gasteiger partial charge in [0, 0.05) is 19.7 Å². The average Bonchev–Trinajstić information content (AvgIpc) is 2.67. The third-order valence-corrected chi connectivity index (χ3v) is 5.35. The van der Waals surface area contributed by atoms with Gasteiger partial charge in [0.05, 0.1) is 13.2 Å². The molecular formula is C21H28N2O3. The molecule has 1 saturated heterocycles. The second-order valence-corrected chi connectivity index (χ2v) is 7.09. The molecule has 5 heteroatoms. The number of urea groups is 1. The number of likely N-dealkylation sites (tertiary alicyclic amines) is 1. The van der Waals surface area contributed by atoms with Gasteiger partial charge in [-0.1, -0.05) is 18.2 Å². The Balaban J connectivity index is 1.61. The van der Waals surface area contributed by atoms with E-state index in [9.17, 15) is 4.79 Å². The molecule has 2 aromatic carbocycles. The zero-order valence-electron chi connectivity index (χ0n) is 15.6. The molecule has 1 aliphatic rings. The van der Waals surface area contributed by atoms with Crippen molar-refractivity contribution in [2.75, 3.05) is 26.8 Å². The Morgan fingerprint density at radius 1 is 1.23 bits per heavy atom. The van der Waals surface area contributed by atoms with Crippen molar-refractivity contribution in [1.29, 1.82) is 0 Å². The van der Waals surface area contributed by atoms with Crippen LogP contribution < -0.4 is 10.1 Å². The lowest BCUT2D eigenvalue weighted by Crippen LogP contribution is -2.45. The summed E-state index contributed by atoms with van der Waals surface area (Å²) in [5.74, 6) is 1.38. The number of ether oxygens (including phenoxy) is 1. The van der Waals surface area contributed by atoms with E-state index < -0.39 is 0 Å². The topological polar surface area (TPSA) is 61.8 Å². The first-order valence-electron chi connectivity index (χ1n) is 9.34. The second kappa shape index (κ2) is 8.41. The summed E-state index contributed by atoms with van der Waals surface area (Å²) in [6.45, 7) is 3.78. The SMILES string of the molecule is COc1ccc2cc(C(C)NC(=O)N3CCC(CCO)CC3)ccc2c1. The molecule has 1 atom stereocenters. The lowest BCUT2D eigenvalue weighted by Gasteiger charge is -2.32. The Morgan fingerprint density at radius 3 is 2.62 bits per heavy atom. The molecule has 26 heavy (non-hydrogen) atoms. The van der Waals surface area contributed by atoms with E-state index in [0.717, 1.165) is 54.4 Å². The number of fused-ring (bicyclic) bond motifs is 1. The fourth-order valence-electron chi connectivity index (χ4n) is 3.61. The highest BCUT2D eigenvalue weighted by molar-refractivity contribution is 5.85. The summed E-state index contributed by atoms with van der Waals surface area (Å²) < 4.78 is 5.27. The van der Waals surface area contributed by atoms with Gasteiger partial charge < -0.3 is 20.1 Å². The molecular weight excluding hydrogens is 328 g/mol. The van der Waals surface area contributed by atoms with Gasteiger partial charge in [0.25, 0.3) is 0 Å². The van der Waals surface area contributed by atoms with Crippen molar-refractivity contribution >= 4 is 16.8 Å². The maximum atomic E-state index is 12.5. The number of methoxy groups -OCH3 is 1. The van der Waals surface area contributed by atoms with Crippen LogP contribution in [0.15, 0.2) is 36.4 Å². The molecule has 1 fully saturated rings. The molecule has 1 aliphatic heterocycles. The standard InChI is InChI=1S/C21H28N2O3/c1-15(22-21(25)23-10-7-16(8-11-23)9-12-24)17-3-4-19-14-20(26-2)6-5-18(19)13-17/h3-6,13-16,24H,7-12H2,1-2H3,(H,22,25). The van der Waals surface area contributed by atoms with Crippen LogP contribution in [0.4, 0.5) is 4.79 Å². The van der Waals surface area contributed by atoms with Crippen molar-refractivity contribution in [3.05, 3.63) is 42.0 Å². The first-order valence-corrected chi connectivity index (χ1v) is 9.34. The van der Waals surface area contributed by atoms with E-state index in [1.54, 1.807) is 7.11 Å². The zero-order valence-corrected chi connectivity index (χ0v) is 15.6. The normalized spacial score (nSPS) is 16.5. The first-order chi connectivity index (χ1) is 12.6. The van der Waals surface area contributed by atoms with Crippen molar-refractivity contribution in [3.8, 4) is 5.75 Å². The van der Waals surface area contributed by atoms with Gasteiger partial charge in [-0.3, -0.25) is 0 Å². The predicted octanol–water partition coefficient (Wildman–Crippen LogP) is 3.71. The monoisotopic (exact) mass is 356 g/mol. The number of aliphatic hydroxyl groups is 1. The Kier molecular flexibility index (Phi) is 5.99. The number of amides is 2. The number of aliphatic hydroxyl groups excluding tert-OH is 1. The van der Waals surface area contributed by atoms with E-state index in [-0.39, 0.29) is 18.7 Å². The van der Waals surface area contributed by atoms with Gasteiger partial charge in [0.1, 0.15) is 5.75 Å².